The third-order valence-electron chi connectivity index (χ3n) is 2.78. The summed E-state index contributed by atoms with van der Waals surface area (Å²) in [6.45, 7) is 1.75. The highest BCUT2D eigenvalue weighted by Crippen LogP contribution is 2.18. The van der Waals surface area contributed by atoms with Gasteiger partial charge in [-0.1, -0.05) is 0 Å². The second-order valence-electron chi connectivity index (χ2n) is 4.43. The smallest absolute Gasteiger partial charge is 0.251 e. The van der Waals surface area contributed by atoms with Gasteiger partial charge in [-0.2, -0.15) is 0 Å². The molecule has 0 aliphatic carbocycles. The minimum absolute atomic E-state index is 0.0381. The van der Waals surface area contributed by atoms with Gasteiger partial charge < -0.3 is 5.32 Å². The first-order valence-corrected chi connectivity index (χ1v) is 8.47. The summed E-state index contributed by atoms with van der Waals surface area (Å²) >= 11 is 5.52. The first kappa shape index (κ1) is 16.8. The summed E-state index contributed by atoms with van der Waals surface area (Å²) in [5, 5.41) is 2.52. The van der Waals surface area contributed by atoms with Gasteiger partial charge in [-0.3, -0.25) is 9.52 Å². The number of hydrogen-bond acceptors (Lipinski definition) is 3. The molecule has 0 radical (unpaired) electrons. The van der Waals surface area contributed by atoms with Crippen molar-refractivity contribution in [2.75, 3.05) is 23.4 Å². The fourth-order valence-corrected chi connectivity index (χ4v) is 3.11. The number of sulfonamides is 1. The molecule has 0 unspecified atom stereocenters. The zero-order chi connectivity index (χ0) is 15.2. The Morgan fingerprint density at radius 2 is 2.00 bits per heavy atom. The van der Waals surface area contributed by atoms with Crippen molar-refractivity contribution in [1.82, 2.24) is 5.32 Å². The quantitative estimate of drug-likeness (QED) is 0.597. The monoisotopic (exact) mass is 318 g/mol. The van der Waals surface area contributed by atoms with Gasteiger partial charge in [0.2, 0.25) is 10.0 Å². The van der Waals surface area contributed by atoms with Crippen LogP contribution in [0.2, 0.25) is 0 Å². The molecule has 1 aromatic carbocycles. The van der Waals surface area contributed by atoms with Gasteiger partial charge in [-0.15, -0.1) is 11.6 Å². The predicted octanol–water partition coefficient (Wildman–Crippen LogP) is 2.12. The summed E-state index contributed by atoms with van der Waals surface area (Å²) in [5.74, 6) is 0.288. The molecule has 0 aliphatic rings. The van der Waals surface area contributed by atoms with Gasteiger partial charge in [0.1, 0.15) is 0 Å². The molecule has 0 aliphatic heterocycles. The molecule has 1 aromatic rings. The maximum absolute atomic E-state index is 11.9. The third-order valence-corrected chi connectivity index (χ3v) is 4.40. The van der Waals surface area contributed by atoms with E-state index in [1.54, 1.807) is 32.2 Å². The van der Waals surface area contributed by atoms with Gasteiger partial charge in [0.05, 0.1) is 11.4 Å². The number of rotatable bonds is 7. The van der Waals surface area contributed by atoms with Crippen LogP contribution in [0.5, 0.6) is 0 Å². The Morgan fingerprint density at radius 3 is 2.55 bits per heavy atom. The molecule has 112 valence electrons. The standard InChI is InChI=1S/C13H19ClN2O3S/c1-10-9-11(13(17)15-2)5-6-12(10)16-20(18,19)8-4-3-7-14/h5-6,9,16H,3-4,7-8H2,1-2H3,(H,15,17). The maximum Gasteiger partial charge on any atom is 0.251 e. The molecule has 0 heterocycles. The summed E-state index contributed by atoms with van der Waals surface area (Å²) in [6.07, 6.45) is 1.19. The van der Waals surface area contributed by atoms with E-state index in [9.17, 15) is 13.2 Å². The summed E-state index contributed by atoms with van der Waals surface area (Å²) < 4.78 is 26.3. The molecule has 0 atom stereocenters. The van der Waals surface area contributed by atoms with E-state index in [1.165, 1.54) is 0 Å². The summed E-state index contributed by atoms with van der Waals surface area (Å²) in [5.41, 5.74) is 1.69. The Bertz CT molecular complexity index is 573. The van der Waals surface area contributed by atoms with Crippen LogP contribution in [-0.4, -0.2) is 33.0 Å². The van der Waals surface area contributed by atoms with E-state index in [-0.39, 0.29) is 11.7 Å². The van der Waals surface area contributed by atoms with Crippen molar-refractivity contribution in [2.24, 2.45) is 0 Å². The van der Waals surface area contributed by atoms with Gasteiger partial charge in [-0.25, -0.2) is 8.42 Å². The molecule has 0 saturated carbocycles. The predicted molar refractivity (Wildman–Crippen MR) is 81.9 cm³/mol. The Balaban J connectivity index is 2.80. The lowest BCUT2D eigenvalue weighted by Gasteiger charge is -2.11. The minimum Gasteiger partial charge on any atom is -0.355 e. The molecule has 1 amide bonds. The van der Waals surface area contributed by atoms with Gasteiger partial charge >= 0.3 is 0 Å². The summed E-state index contributed by atoms with van der Waals surface area (Å²) in [4.78, 5) is 11.5. The average Bonchev–Trinajstić information content (AvgIpc) is 2.40. The van der Waals surface area contributed by atoms with Crippen molar-refractivity contribution < 1.29 is 13.2 Å². The number of halogens is 1. The Morgan fingerprint density at radius 1 is 1.30 bits per heavy atom. The molecular formula is C13H19ClN2O3S. The molecule has 7 heteroatoms. The first-order valence-electron chi connectivity index (χ1n) is 6.29. The van der Waals surface area contributed by atoms with Crippen molar-refractivity contribution in [3.8, 4) is 0 Å². The SMILES string of the molecule is CNC(=O)c1ccc(NS(=O)(=O)CCCCCl)c(C)c1. The molecule has 0 saturated heterocycles. The number of alkyl halides is 1. The highest BCUT2D eigenvalue weighted by atomic mass is 35.5. The molecule has 1 rings (SSSR count). The number of anilines is 1. The van der Waals surface area contributed by atoms with Crippen LogP contribution < -0.4 is 10.0 Å². The van der Waals surface area contributed by atoms with Gasteiger partial charge in [0.25, 0.3) is 5.91 Å². The second kappa shape index (κ2) is 7.50. The van der Waals surface area contributed by atoms with E-state index in [0.717, 1.165) is 0 Å². The Hall–Kier alpha value is -1.27. The zero-order valence-electron chi connectivity index (χ0n) is 11.6. The van der Waals surface area contributed by atoms with Crippen molar-refractivity contribution in [3.05, 3.63) is 29.3 Å². The van der Waals surface area contributed by atoms with Crippen LogP contribution in [0.4, 0.5) is 5.69 Å². The van der Waals surface area contributed by atoms with Crippen molar-refractivity contribution in [3.63, 3.8) is 0 Å². The molecule has 20 heavy (non-hydrogen) atoms. The fourth-order valence-electron chi connectivity index (χ4n) is 1.67. The number of nitrogens with one attached hydrogen (secondary N) is 2. The van der Waals surface area contributed by atoms with Gasteiger partial charge in [-0.05, 0) is 43.5 Å². The molecule has 2 N–H and O–H groups in total. The topological polar surface area (TPSA) is 75.3 Å². The minimum atomic E-state index is -3.38. The third kappa shape index (κ3) is 5.02. The number of benzene rings is 1. The van der Waals surface area contributed by atoms with Gasteiger partial charge in [0.15, 0.2) is 0 Å². The number of carbonyl (C=O) groups excluding carboxylic acids is 1. The maximum atomic E-state index is 11.9. The van der Waals surface area contributed by atoms with E-state index < -0.39 is 10.0 Å². The lowest BCUT2D eigenvalue weighted by atomic mass is 10.1. The molecule has 0 bridgehead atoms. The van der Waals surface area contributed by atoms with E-state index in [2.05, 4.69) is 10.0 Å². The molecule has 5 nitrogen and oxygen atoms in total. The zero-order valence-corrected chi connectivity index (χ0v) is 13.1. The average molecular weight is 319 g/mol. The molecule has 0 aromatic heterocycles. The van der Waals surface area contributed by atoms with Gasteiger partial charge in [0, 0.05) is 18.5 Å². The summed E-state index contributed by atoms with van der Waals surface area (Å²) in [6, 6.07) is 4.83. The number of unbranched alkanes of at least 4 members (excludes halogenated alkanes) is 1. The molecule has 0 fully saturated rings. The largest absolute Gasteiger partial charge is 0.355 e. The van der Waals surface area contributed by atoms with Crippen molar-refractivity contribution in [1.29, 1.82) is 0 Å². The van der Waals surface area contributed by atoms with Crippen molar-refractivity contribution >= 4 is 33.2 Å². The lowest BCUT2D eigenvalue weighted by molar-refractivity contribution is 0.0963. The Kier molecular flexibility index (Phi) is 6.29. The number of amides is 1. The van der Waals surface area contributed by atoms with E-state index in [0.29, 0.717) is 35.5 Å². The number of hydrogen-bond donors (Lipinski definition) is 2. The Labute approximate surface area is 124 Å². The lowest BCUT2D eigenvalue weighted by Crippen LogP contribution is -2.19. The van der Waals surface area contributed by atoms with Crippen LogP contribution >= 0.6 is 11.6 Å². The van der Waals surface area contributed by atoms with Crippen LogP contribution in [-0.2, 0) is 10.0 Å². The number of carbonyl (C=O) groups is 1. The number of aryl methyl sites for hydroxylation is 1. The normalized spacial score (nSPS) is 11.2. The highest BCUT2D eigenvalue weighted by Gasteiger charge is 2.12. The van der Waals surface area contributed by atoms with Crippen molar-refractivity contribution in [2.45, 2.75) is 19.8 Å². The van der Waals surface area contributed by atoms with Crippen LogP contribution in [0.25, 0.3) is 0 Å². The summed E-state index contributed by atoms with van der Waals surface area (Å²) in [7, 11) is -1.83. The van der Waals surface area contributed by atoms with E-state index in [4.69, 9.17) is 11.6 Å². The molecular weight excluding hydrogens is 300 g/mol. The van der Waals surface area contributed by atoms with Crippen LogP contribution in [0.3, 0.4) is 0 Å². The second-order valence-corrected chi connectivity index (χ2v) is 6.65. The van der Waals surface area contributed by atoms with E-state index in [1.807, 2.05) is 0 Å². The fraction of sp³-hybridized carbons (Fsp3) is 0.462. The molecule has 0 spiro atoms. The highest BCUT2D eigenvalue weighted by molar-refractivity contribution is 7.92. The van der Waals surface area contributed by atoms with Crippen LogP contribution in [0.1, 0.15) is 28.8 Å². The van der Waals surface area contributed by atoms with Crippen LogP contribution in [0.15, 0.2) is 18.2 Å². The first-order chi connectivity index (χ1) is 9.39. The van der Waals surface area contributed by atoms with Crippen LogP contribution in [0, 0.1) is 6.92 Å². The van der Waals surface area contributed by atoms with E-state index >= 15 is 0 Å².